The molecule has 2 aromatic carbocycles. The summed E-state index contributed by atoms with van der Waals surface area (Å²) < 4.78 is 55.0. The molecule has 37 heavy (non-hydrogen) atoms. The van der Waals surface area contributed by atoms with Gasteiger partial charge >= 0.3 is 0 Å². The topological polar surface area (TPSA) is 100 Å². The van der Waals surface area contributed by atoms with Gasteiger partial charge in [-0.15, -0.1) is 0 Å². The van der Waals surface area contributed by atoms with E-state index in [1.807, 2.05) is 24.3 Å². The summed E-state index contributed by atoms with van der Waals surface area (Å²) in [6.07, 6.45) is 2.05. The van der Waals surface area contributed by atoms with Crippen molar-refractivity contribution in [3.05, 3.63) is 71.0 Å². The van der Waals surface area contributed by atoms with E-state index in [0.29, 0.717) is 5.56 Å². The predicted molar refractivity (Wildman–Crippen MR) is 140 cm³/mol. The lowest BCUT2D eigenvalue weighted by molar-refractivity contribution is 0.0374. The largest absolute Gasteiger partial charge is 0.457 e. The first-order valence-electron chi connectivity index (χ1n) is 12.7. The van der Waals surface area contributed by atoms with Crippen LogP contribution >= 0.6 is 0 Å². The Kier molecular flexibility index (Phi) is 8.84. The van der Waals surface area contributed by atoms with Gasteiger partial charge in [0.2, 0.25) is 10.0 Å². The van der Waals surface area contributed by atoms with E-state index >= 15 is 0 Å². The minimum absolute atomic E-state index is 0.117. The Hall–Kier alpha value is -2.53. The standard InChI is InChI=1S/C27H36FN3O5S/c1-27(2)25(21-11-9-20(10-12-21)6-5-14-31-15-18-35-19-16-31)37(33,34)30-26(36-27)29-24(13-17-32)22-7-3-4-8-23(22)28/h3-4,7-12,24-25,32H,5-6,13-19H2,1-2H3,(H,29,30). The summed E-state index contributed by atoms with van der Waals surface area (Å²) in [6, 6.07) is 12.7. The minimum atomic E-state index is -3.91. The number of amidine groups is 1. The Morgan fingerprint density at radius 3 is 2.51 bits per heavy atom. The number of rotatable bonds is 9. The molecule has 2 aliphatic heterocycles. The zero-order chi connectivity index (χ0) is 26.5. The van der Waals surface area contributed by atoms with Gasteiger partial charge in [-0.25, -0.2) is 22.5 Å². The maximum absolute atomic E-state index is 14.4. The summed E-state index contributed by atoms with van der Waals surface area (Å²) >= 11 is 0. The van der Waals surface area contributed by atoms with Gasteiger partial charge in [-0.1, -0.05) is 42.5 Å². The lowest BCUT2D eigenvalue weighted by Crippen LogP contribution is -2.53. The molecule has 0 saturated carbocycles. The molecule has 2 N–H and O–H groups in total. The van der Waals surface area contributed by atoms with Gasteiger partial charge in [-0.2, -0.15) is 0 Å². The Morgan fingerprint density at radius 1 is 1.16 bits per heavy atom. The van der Waals surface area contributed by atoms with E-state index in [4.69, 9.17) is 9.47 Å². The molecule has 2 fully saturated rings. The first kappa shape index (κ1) is 27.5. The number of ether oxygens (including phenoxy) is 2. The van der Waals surface area contributed by atoms with Gasteiger partial charge in [0.25, 0.3) is 6.02 Å². The van der Waals surface area contributed by atoms with E-state index in [1.165, 1.54) is 6.07 Å². The van der Waals surface area contributed by atoms with Crippen LogP contribution in [0.25, 0.3) is 0 Å². The van der Waals surface area contributed by atoms with Crippen LogP contribution in [-0.4, -0.2) is 69.5 Å². The zero-order valence-corrected chi connectivity index (χ0v) is 22.2. The third kappa shape index (κ3) is 6.87. The summed E-state index contributed by atoms with van der Waals surface area (Å²) in [5, 5.41) is 8.51. The van der Waals surface area contributed by atoms with Gasteiger partial charge < -0.3 is 14.6 Å². The third-order valence-corrected chi connectivity index (χ3v) is 8.72. The molecule has 4 rings (SSSR count). The molecule has 10 heteroatoms. The number of halogens is 1. The van der Waals surface area contributed by atoms with Crippen LogP contribution in [0.5, 0.6) is 0 Å². The lowest BCUT2D eigenvalue weighted by Gasteiger charge is -2.39. The number of hydrogen-bond acceptors (Lipinski definition) is 7. The van der Waals surface area contributed by atoms with Gasteiger partial charge in [0.15, 0.2) is 0 Å². The van der Waals surface area contributed by atoms with Crippen LogP contribution in [0, 0.1) is 5.82 Å². The Balaban J connectivity index is 1.47. The van der Waals surface area contributed by atoms with Crippen molar-refractivity contribution < 1.29 is 27.4 Å². The summed E-state index contributed by atoms with van der Waals surface area (Å²) in [5.74, 6) is -0.480. The van der Waals surface area contributed by atoms with E-state index in [0.717, 1.165) is 51.3 Å². The molecule has 2 aliphatic rings. The minimum Gasteiger partial charge on any atom is -0.457 e. The number of aryl methyl sites for hydroxylation is 1. The quantitative estimate of drug-likeness (QED) is 0.513. The lowest BCUT2D eigenvalue weighted by atomic mass is 9.96. The van der Waals surface area contributed by atoms with E-state index in [9.17, 15) is 17.9 Å². The average molecular weight is 534 g/mol. The molecular formula is C27H36FN3O5S. The number of morpholine rings is 1. The highest BCUT2D eigenvalue weighted by Gasteiger charge is 2.48. The normalized spacial score (nSPS) is 23.2. The van der Waals surface area contributed by atoms with Crippen LogP contribution in [0.1, 0.15) is 54.7 Å². The second kappa shape index (κ2) is 11.9. The number of aliphatic hydroxyl groups is 1. The van der Waals surface area contributed by atoms with Crippen molar-refractivity contribution in [2.45, 2.75) is 50.0 Å². The summed E-state index contributed by atoms with van der Waals surface area (Å²) in [5.41, 5.74) is 0.890. The van der Waals surface area contributed by atoms with Gasteiger partial charge in [0, 0.05) is 25.3 Å². The number of benzene rings is 2. The summed E-state index contributed by atoms with van der Waals surface area (Å²) in [6.45, 7) is 7.67. The second-order valence-electron chi connectivity index (χ2n) is 10.0. The first-order valence-corrected chi connectivity index (χ1v) is 14.3. The van der Waals surface area contributed by atoms with E-state index in [1.54, 1.807) is 32.0 Å². The van der Waals surface area contributed by atoms with Crippen LogP contribution in [0.2, 0.25) is 0 Å². The predicted octanol–water partition coefficient (Wildman–Crippen LogP) is 3.34. The molecule has 0 aromatic heterocycles. The monoisotopic (exact) mass is 533 g/mol. The first-order chi connectivity index (χ1) is 17.7. The molecule has 2 saturated heterocycles. The van der Waals surface area contributed by atoms with Crippen molar-refractivity contribution in [1.29, 1.82) is 0 Å². The third-order valence-electron chi connectivity index (χ3n) is 6.80. The smallest absolute Gasteiger partial charge is 0.299 e. The molecule has 0 aliphatic carbocycles. The van der Waals surface area contributed by atoms with Gasteiger partial charge in [-0.3, -0.25) is 4.90 Å². The molecule has 2 atom stereocenters. The number of aliphatic hydroxyl groups excluding tert-OH is 1. The fourth-order valence-corrected chi connectivity index (χ4v) is 6.77. The van der Waals surface area contributed by atoms with E-state index < -0.39 is 32.7 Å². The maximum Gasteiger partial charge on any atom is 0.299 e. The van der Waals surface area contributed by atoms with Crippen LogP contribution in [0.4, 0.5) is 4.39 Å². The fourth-order valence-electron chi connectivity index (χ4n) is 5.00. The number of sulfonamides is 1. The molecular weight excluding hydrogens is 497 g/mol. The van der Waals surface area contributed by atoms with E-state index in [-0.39, 0.29) is 24.6 Å². The highest BCUT2D eigenvalue weighted by molar-refractivity contribution is 7.90. The van der Waals surface area contributed by atoms with Crippen molar-refractivity contribution in [1.82, 2.24) is 9.62 Å². The molecule has 2 aromatic rings. The van der Waals surface area contributed by atoms with Crippen LogP contribution < -0.4 is 4.72 Å². The van der Waals surface area contributed by atoms with E-state index in [2.05, 4.69) is 14.6 Å². The SMILES string of the molecule is CC1(C)OC(=NC(CCO)c2ccccc2F)NS(=O)(=O)C1c1ccc(CCCN2CCOCC2)cc1. The highest BCUT2D eigenvalue weighted by Crippen LogP contribution is 2.39. The number of nitrogens with one attached hydrogen (secondary N) is 1. The second-order valence-corrected chi connectivity index (χ2v) is 11.8. The zero-order valence-electron chi connectivity index (χ0n) is 21.4. The highest BCUT2D eigenvalue weighted by atomic mass is 32.2. The molecule has 2 heterocycles. The molecule has 0 bridgehead atoms. The Labute approximate surface area is 218 Å². The number of hydrogen-bond donors (Lipinski definition) is 2. The van der Waals surface area contributed by atoms with Crippen molar-refractivity contribution in [3.63, 3.8) is 0 Å². The van der Waals surface area contributed by atoms with Gasteiger partial charge in [0.05, 0.1) is 19.3 Å². The number of nitrogens with zero attached hydrogens (tertiary/aromatic N) is 2. The van der Waals surface area contributed by atoms with Crippen molar-refractivity contribution in [3.8, 4) is 0 Å². The molecule has 0 amide bonds. The Bertz CT molecular complexity index is 1180. The average Bonchev–Trinajstić information content (AvgIpc) is 2.84. The Morgan fingerprint density at radius 2 is 1.86 bits per heavy atom. The molecule has 8 nitrogen and oxygen atoms in total. The molecule has 0 spiro atoms. The molecule has 202 valence electrons. The number of aliphatic imine (C=N–C) groups is 1. The maximum atomic E-state index is 14.4. The molecule has 0 radical (unpaired) electrons. The van der Waals surface area contributed by atoms with Gasteiger partial charge in [0.1, 0.15) is 16.7 Å². The fraction of sp³-hybridized carbons (Fsp3) is 0.519. The summed E-state index contributed by atoms with van der Waals surface area (Å²) in [7, 11) is -3.91. The van der Waals surface area contributed by atoms with Crippen LogP contribution in [-0.2, 0) is 25.9 Å². The van der Waals surface area contributed by atoms with Crippen molar-refractivity contribution >= 4 is 16.0 Å². The van der Waals surface area contributed by atoms with Crippen LogP contribution in [0.15, 0.2) is 53.5 Å². The van der Waals surface area contributed by atoms with Gasteiger partial charge in [-0.05, 0) is 56.8 Å². The molecule has 2 unspecified atom stereocenters. The van der Waals surface area contributed by atoms with Crippen molar-refractivity contribution in [2.75, 3.05) is 39.5 Å². The summed E-state index contributed by atoms with van der Waals surface area (Å²) in [4.78, 5) is 6.75. The van der Waals surface area contributed by atoms with Crippen LogP contribution in [0.3, 0.4) is 0 Å². The van der Waals surface area contributed by atoms with Crippen molar-refractivity contribution in [2.24, 2.45) is 4.99 Å².